The maximum Gasteiger partial charge on any atom is 0.232 e. The van der Waals surface area contributed by atoms with E-state index in [1.165, 1.54) is 0 Å². The summed E-state index contributed by atoms with van der Waals surface area (Å²) in [7, 11) is 5.46. The van der Waals surface area contributed by atoms with Gasteiger partial charge in [0.25, 0.3) is 0 Å². The highest BCUT2D eigenvalue weighted by Gasteiger charge is 2.24. The van der Waals surface area contributed by atoms with Crippen LogP contribution in [0.3, 0.4) is 0 Å². The van der Waals surface area contributed by atoms with Crippen molar-refractivity contribution in [1.29, 1.82) is 0 Å². The number of fused-ring (bicyclic) bond motifs is 2. The van der Waals surface area contributed by atoms with Gasteiger partial charge in [-0.2, -0.15) is 10.1 Å². The van der Waals surface area contributed by atoms with Gasteiger partial charge in [-0.05, 0) is 79.0 Å². The average molecular weight is 703 g/mol. The van der Waals surface area contributed by atoms with Crippen molar-refractivity contribution in [1.82, 2.24) is 24.6 Å². The molecule has 5 aromatic rings. The molecule has 47 heavy (non-hydrogen) atoms. The Morgan fingerprint density at radius 2 is 1.85 bits per heavy atom. The number of methoxy groups -OCH3 is 2. The lowest BCUT2D eigenvalue weighted by molar-refractivity contribution is -0.0366. The van der Waals surface area contributed by atoms with Gasteiger partial charge in [-0.25, -0.2) is 9.67 Å². The third-order valence-corrected chi connectivity index (χ3v) is 9.73. The van der Waals surface area contributed by atoms with Gasteiger partial charge in [0.15, 0.2) is 6.23 Å². The van der Waals surface area contributed by atoms with E-state index < -0.39 is 0 Å². The first kappa shape index (κ1) is 31.5. The van der Waals surface area contributed by atoms with Crippen LogP contribution in [-0.4, -0.2) is 78.7 Å². The molecule has 1 atom stereocenters. The minimum Gasteiger partial charge on any atom is -0.497 e. The predicted molar refractivity (Wildman–Crippen MR) is 187 cm³/mol. The maximum atomic E-state index is 6.93. The summed E-state index contributed by atoms with van der Waals surface area (Å²) in [5.41, 5.74) is 2.93. The molecular formula is C35H40BrN7O4. The topological polar surface area (TPSA) is 99.0 Å². The second-order valence-corrected chi connectivity index (χ2v) is 13.0. The fourth-order valence-electron chi connectivity index (χ4n) is 6.35. The molecule has 0 spiro atoms. The Hall–Kier alpha value is -4.13. The van der Waals surface area contributed by atoms with Crippen LogP contribution in [0, 0.1) is 6.92 Å². The smallest absolute Gasteiger partial charge is 0.232 e. The van der Waals surface area contributed by atoms with Crippen molar-refractivity contribution < 1.29 is 18.9 Å². The van der Waals surface area contributed by atoms with E-state index in [1.807, 2.05) is 35.3 Å². The molecule has 1 unspecified atom stereocenters. The lowest BCUT2D eigenvalue weighted by Crippen LogP contribution is -2.44. The molecule has 5 heterocycles. The van der Waals surface area contributed by atoms with Crippen LogP contribution in [0.25, 0.3) is 21.7 Å². The standard InChI is InChI=1S/C35H40BrN7O4/c1-22-8-11-28-26(20-39-43(28)31-7-5-6-16-46-31)33(22)47-35-32-25(18-30(40-35)42-14-12-41(2)13-15-42)27(36)21-38-34(32)37-19-23-9-10-24(44-3)17-29(23)45-4/h8-11,17-18,20-21,31H,5-7,12-16,19H2,1-4H3,(H,37,38). The Balaban J connectivity index is 1.33. The molecule has 0 saturated carbocycles. The summed E-state index contributed by atoms with van der Waals surface area (Å²) >= 11 is 3.79. The van der Waals surface area contributed by atoms with Crippen LogP contribution < -0.4 is 24.4 Å². The first-order valence-electron chi connectivity index (χ1n) is 16.1. The molecule has 11 nitrogen and oxygen atoms in total. The summed E-state index contributed by atoms with van der Waals surface area (Å²) in [6.07, 6.45) is 6.77. The monoisotopic (exact) mass is 701 g/mol. The summed E-state index contributed by atoms with van der Waals surface area (Å²) in [5.74, 6) is 4.18. The van der Waals surface area contributed by atoms with Gasteiger partial charge in [0, 0.05) is 67.0 Å². The summed E-state index contributed by atoms with van der Waals surface area (Å²) in [6.45, 7) is 6.95. The number of pyridine rings is 2. The van der Waals surface area contributed by atoms with E-state index in [9.17, 15) is 0 Å². The molecular weight excluding hydrogens is 662 g/mol. The fourth-order valence-corrected chi connectivity index (χ4v) is 6.76. The van der Waals surface area contributed by atoms with E-state index in [-0.39, 0.29) is 6.23 Å². The summed E-state index contributed by atoms with van der Waals surface area (Å²) in [4.78, 5) is 14.7. The second kappa shape index (κ2) is 13.5. The number of hydrogen-bond donors (Lipinski definition) is 1. The van der Waals surface area contributed by atoms with Crippen molar-refractivity contribution in [2.75, 3.05) is 64.3 Å². The van der Waals surface area contributed by atoms with E-state index in [4.69, 9.17) is 34.0 Å². The van der Waals surface area contributed by atoms with Crippen LogP contribution in [0.2, 0.25) is 0 Å². The van der Waals surface area contributed by atoms with Gasteiger partial charge in [-0.15, -0.1) is 0 Å². The van der Waals surface area contributed by atoms with Crippen LogP contribution in [0.15, 0.2) is 53.3 Å². The number of aryl methyl sites for hydroxylation is 1. The van der Waals surface area contributed by atoms with Gasteiger partial charge in [0.1, 0.15) is 28.9 Å². The van der Waals surface area contributed by atoms with Gasteiger partial charge < -0.3 is 34.1 Å². The zero-order chi connectivity index (χ0) is 32.5. The number of aromatic nitrogens is 4. The number of halogens is 1. The highest BCUT2D eigenvalue weighted by molar-refractivity contribution is 9.10. The lowest BCUT2D eigenvalue weighted by Gasteiger charge is -2.33. The molecule has 2 aliphatic heterocycles. The van der Waals surface area contributed by atoms with Crippen LogP contribution in [0.5, 0.6) is 23.1 Å². The largest absolute Gasteiger partial charge is 0.497 e. The number of ether oxygens (including phenoxy) is 4. The molecule has 0 bridgehead atoms. The van der Waals surface area contributed by atoms with E-state index >= 15 is 0 Å². The predicted octanol–water partition coefficient (Wildman–Crippen LogP) is 6.92. The lowest BCUT2D eigenvalue weighted by atomic mass is 10.1. The Morgan fingerprint density at radius 3 is 2.62 bits per heavy atom. The van der Waals surface area contributed by atoms with Crippen LogP contribution in [0.4, 0.5) is 11.6 Å². The van der Waals surface area contributed by atoms with Gasteiger partial charge in [-0.3, -0.25) is 0 Å². The Kier molecular flexibility index (Phi) is 9.07. The van der Waals surface area contributed by atoms with Crippen molar-refractivity contribution >= 4 is 49.2 Å². The average Bonchev–Trinajstić information content (AvgIpc) is 3.54. The van der Waals surface area contributed by atoms with Crippen molar-refractivity contribution in [3.05, 3.63) is 64.4 Å². The molecule has 2 aliphatic rings. The molecule has 7 rings (SSSR count). The minimum absolute atomic E-state index is 0.0813. The number of nitrogens with zero attached hydrogens (tertiary/aromatic N) is 6. The summed E-state index contributed by atoms with van der Waals surface area (Å²) in [5, 5.41) is 11.0. The minimum atomic E-state index is -0.0813. The Morgan fingerprint density at radius 1 is 1.00 bits per heavy atom. The molecule has 3 aromatic heterocycles. The highest BCUT2D eigenvalue weighted by Crippen LogP contribution is 2.42. The van der Waals surface area contributed by atoms with Crippen LogP contribution >= 0.6 is 15.9 Å². The third kappa shape index (κ3) is 6.29. The molecule has 0 aliphatic carbocycles. The SMILES string of the molecule is COc1ccc(CNc2ncc(Br)c3cc(N4CCN(C)CC4)nc(Oc4c(C)ccc5c4cnn5C4CCCCO4)c23)c(OC)c1. The highest BCUT2D eigenvalue weighted by atomic mass is 79.9. The summed E-state index contributed by atoms with van der Waals surface area (Å²) < 4.78 is 26.9. The van der Waals surface area contributed by atoms with Crippen molar-refractivity contribution in [2.45, 2.75) is 39.0 Å². The Labute approximate surface area is 282 Å². The number of anilines is 2. The molecule has 1 N–H and O–H groups in total. The fraction of sp³-hybridized carbons (Fsp3) is 0.400. The van der Waals surface area contributed by atoms with Gasteiger partial charge in [-0.1, -0.05) is 6.07 Å². The number of likely N-dealkylation sites (N-methyl/N-ethyl adjacent to an activating group) is 1. The van der Waals surface area contributed by atoms with Gasteiger partial charge in [0.05, 0.1) is 36.7 Å². The van der Waals surface area contributed by atoms with Crippen molar-refractivity contribution in [2.24, 2.45) is 0 Å². The zero-order valence-corrected chi connectivity index (χ0v) is 28.8. The second-order valence-electron chi connectivity index (χ2n) is 12.1. The molecule has 2 fully saturated rings. The molecule has 246 valence electrons. The quantitative estimate of drug-likeness (QED) is 0.174. The molecule has 0 amide bonds. The maximum absolute atomic E-state index is 6.93. The third-order valence-electron chi connectivity index (χ3n) is 9.10. The molecule has 0 radical (unpaired) electrons. The first-order valence-corrected chi connectivity index (χ1v) is 16.9. The molecule has 12 heteroatoms. The van der Waals surface area contributed by atoms with Crippen LogP contribution in [0.1, 0.15) is 36.6 Å². The first-order chi connectivity index (χ1) is 22.9. The molecule has 2 aromatic carbocycles. The van der Waals surface area contributed by atoms with Crippen molar-refractivity contribution in [3.63, 3.8) is 0 Å². The van der Waals surface area contributed by atoms with E-state index in [0.29, 0.717) is 18.2 Å². The summed E-state index contributed by atoms with van der Waals surface area (Å²) in [6, 6.07) is 12.1. The van der Waals surface area contributed by atoms with Crippen molar-refractivity contribution in [3.8, 4) is 23.1 Å². The van der Waals surface area contributed by atoms with E-state index in [2.05, 4.69) is 63.2 Å². The number of hydrogen-bond acceptors (Lipinski definition) is 10. The van der Waals surface area contributed by atoms with Gasteiger partial charge in [0.2, 0.25) is 5.88 Å². The number of nitrogens with one attached hydrogen (secondary N) is 1. The van der Waals surface area contributed by atoms with E-state index in [0.717, 1.165) is 112 Å². The van der Waals surface area contributed by atoms with Crippen LogP contribution in [-0.2, 0) is 11.3 Å². The Bertz CT molecular complexity index is 1900. The van der Waals surface area contributed by atoms with E-state index in [1.54, 1.807) is 14.2 Å². The zero-order valence-electron chi connectivity index (χ0n) is 27.3. The van der Waals surface area contributed by atoms with Gasteiger partial charge >= 0.3 is 0 Å². The number of piperazine rings is 1. The molecule has 2 saturated heterocycles. The normalized spacial score (nSPS) is 17.3. The number of benzene rings is 2. The number of rotatable bonds is 9.